The van der Waals surface area contributed by atoms with E-state index in [-0.39, 0.29) is 21.7 Å². The third-order valence-electron chi connectivity index (χ3n) is 2.46. The first-order valence-corrected chi connectivity index (χ1v) is 6.12. The molecule has 2 aromatic rings. The van der Waals surface area contributed by atoms with Crippen LogP contribution >= 0.6 is 23.2 Å². The van der Waals surface area contributed by atoms with E-state index in [0.717, 1.165) is 0 Å². The van der Waals surface area contributed by atoms with Crippen molar-refractivity contribution in [1.82, 2.24) is 4.98 Å². The van der Waals surface area contributed by atoms with Gasteiger partial charge in [-0.1, -0.05) is 23.2 Å². The van der Waals surface area contributed by atoms with E-state index in [4.69, 9.17) is 23.2 Å². The Labute approximate surface area is 119 Å². The number of carbonyl (C=O) groups is 1. The second kappa shape index (κ2) is 5.55. The molecular formula is C13H9Cl2FN2O. The molecule has 0 saturated heterocycles. The Kier molecular flexibility index (Phi) is 4.02. The number of aromatic nitrogens is 1. The van der Waals surface area contributed by atoms with Gasteiger partial charge in [0.25, 0.3) is 5.91 Å². The van der Waals surface area contributed by atoms with Crippen molar-refractivity contribution in [2.24, 2.45) is 0 Å². The molecule has 0 aliphatic rings. The van der Waals surface area contributed by atoms with E-state index >= 15 is 0 Å². The molecule has 0 atom stereocenters. The number of benzene rings is 1. The summed E-state index contributed by atoms with van der Waals surface area (Å²) >= 11 is 11.6. The first kappa shape index (κ1) is 13.8. The molecule has 0 aliphatic heterocycles. The molecule has 1 aromatic carbocycles. The molecule has 0 fully saturated rings. The van der Waals surface area contributed by atoms with Gasteiger partial charge in [0.1, 0.15) is 16.7 Å². The van der Waals surface area contributed by atoms with Crippen molar-refractivity contribution in [3.63, 3.8) is 0 Å². The quantitative estimate of drug-likeness (QED) is 0.849. The van der Waals surface area contributed by atoms with Gasteiger partial charge in [0, 0.05) is 5.69 Å². The zero-order valence-corrected chi connectivity index (χ0v) is 11.4. The van der Waals surface area contributed by atoms with E-state index in [9.17, 15) is 9.18 Å². The molecule has 1 N–H and O–H groups in total. The maximum atomic E-state index is 13.0. The van der Waals surface area contributed by atoms with Gasteiger partial charge in [-0.05, 0) is 42.8 Å². The van der Waals surface area contributed by atoms with Crippen LogP contribution in [0.3, 0.4) is 0 Å². The number of anilines is 1. The predicted octanol–water partition coefficient (Wildman–Crippen LogP) is 4.09. The molecule has 19 heavy (non-hydrogen) atoms. The monoisotopic (exact) mass is 298 g/mol. The number of rotatable bonds is 2. The van der Waals surface area contributed by atoms with Crippen molar-refractivity contribution >= 4 is 34.8 Å². The number of halogens is 3. The fourth-order valence-electron chi connectivity index (χ4n) is 1.53. The summed E-state index contributed by atoms with van der Waals surface area (Å²) in [6.07, 6.45) is 0. The van der Waals surface area contributed by atoms with Gasteiger partial charge in [-0.15, -0.1) is 0 Å². The van der Waals surface area contributed by atoms with Crippen LogP contribution in [0.15, 0.2) is 30.3 Å². The first-order valence-electron chi connectivity index (χ1n) is 5.37. The maximum Gasteiger partial charge on any atom is 0.275 e. The van der Waals surface area contributed by atoms with Crippen LogP contribution in [0.25, 0.3) is 0 Å². The SMILES string of the molecule is Cc1cc(F)ccc1NC(=O)c1nc(Cl)ccc1Cl. The third kappa shape index (κ3) is 3.22. The van der Waals surface area contributed by atoms with Gasteiger partial charge in [0.15, 0.2) is 0 Å². The van der Waals surface area contributed by atoms with Crippen LogP contribution in [0.1, 0.15) is 16.1 Å². The van der Waals surface area contributed by atoms with E-state index in [0.29, 0.717) is 11.3 Å². The Bertz CT molecular complexity index is 647. The average Bonchev–Trinajstić information content (AvgIpc) is 2.35. The molecule has 0 bridgehead atoms. The highest BCUT2D eigenvalue weighted by Gasteiger charge is 2.14. The highest BCUT2D eigenvalue weighted by atomic mass is 35.5. The summed E-state index contributed by atoms with van der Waals surface area (Å²) in [7, 11) is 0. The Balaban J connectivity index is 2.28. The molecule has 6 heteroatoms. The minimum absolute atomic E-state index is 0.0258. The molecule has 0 saturated carbocycles. The maximum absolute atomic E-state index is 13.0. The van der Waals surface area contributed by atoms with Crippen LogP contribution in [-0.2, 0) is 0 Å². The number of aryl methyl sites for hydroxylation is 1. The Hall–Kier alpha value is -1.65. The number of amides is 1. The summed E-state index contributed by atoms with van der Waals surface area (Å²) in [6, 6.07) is 7.03. The summed E-state index contributed by atoms with van der Waals surface area (Å²) in [4.78, 5) is 15.9. The molecule has 0 radical (unpaired) electrons. The lowest BCUT2D eigenvalue weighted by molar-refractivity contribution is 0.102. The number of carbonyl (C=O) groups excluding carboxylic acids is 1. The largest absolute Gasteiger partial charge is 0.320 e. The molecular weight excluding hydrogens is 290 g/mol. The fourth-order valence-corrected chi connectivity index (χ4v) is 1.87. The van der Waals surface area contributed by atoms with E-state index < -0.39 is 5.91 Å². The molecule has 0 aliphatic carbocycles. The zero-order chi connectivity index (χ0) is 14.0. The molecule has 1 amide bonds. The highest BCUT2D eigenvalue weighted by Crippen LogP contribution is 2.20. The van der Waals surface area contributed by atoms with Crippen molar-refractivity contribution in [2.75, 3.05) is 5.32 Å². The second-order valence-electron chi connectivity index (χ2n) is 3.88. The van der Waals surface area contributed by atoms with Gasteiger partial charge in [0.05, 0.1) is 5.02 Å². The van der Waals surface area contributed by atoms with Gasteiger partial charge >= 0.3 is 0 Å². The number of nitrogens with one attached hydrogen (secondary N) is 1. The summed E-state index contributed by atoms with van der Waals surface area (Å²) in [5.41, 5.74) is 1.12. The molecule has 0 unspecified atom stereocenters. The van der Waals surface area contributed by atoms with Crippen LogP contribution in [0.4, 0.5) is 10.1 Å². The third-order valence-corrected chi connectivity index (χ3v) is 2.98. The van der Waals surface area contributed by atoms with Crippen molar-refractivity contribution in [3.05, 3.63) is 57.6 Å². The zero-order valence-electron chi connectivity index (χ0n) is 9.88. The van der Waals surface area contributed by atoms with E-state index in [1.54, 1.807) is 6.92 Å². The Morgan fingerprint density at radius 3 is 2.68 bits per heavy atom. The Morgan fingerprint density at radius 1 is 1.26 bits per heavy atom. The van der Waals surface area contributed by atoms with Gasteiger partial charge in [-0.3, -0.25) is 4.79 Å². The molecule has 2 rings (SSSR count). The number of hydrogen-bond donors (Lipinski definition) is 1. The second-order valence-corrected chi connectivity index (χ2v) is 4.67. The molecule has 3 nitrogen and oxygen atoms in total. The molecule has 0 spiro atoms. The van der Waals surface area contributed by atoms with Crippen LogP contribution in [0.2, 0.25) is 10.2 Å². The lowest BCUT2D eigenvalue weighted by atomic mass is 10.2. The average molecular weight is 299 g/mol. The number of hydrogen-bond acceptors (Lipinski definition) is 2. The molecule has 1 aromatic heterocycles. The van der Waals surface area contributed by atoms with Gasteiger partial charge < -0.3 is 5.32 Å². The summed E-state index contributed by atoms with van der Waals surface area (Å²) in [5.74, 6) is -0.864. The molecule has 98 valence electrons. The smallest absolute Gasteiger partial charge is 0.275 e. The van der Waals surface area contributed by atoms with Crippen LogP contribution in [0, 0.1) is 12.7 Å². The van der Waals surface area contributed by atoms with Gasteiger partial charge in [-0.25, -0.2) is 9.37 Å². The lowest BCUT2D eigenvalue weighted by Crippen LogP contribution is -2.15. The lowest BCUT2D eigenvalue weighted by Gasteiger charge is -2.09. The minimum atomic E-state index is -0.498. The first-order chi connectivity index (χ1) is 8.97. The van der Waals surface area contributed by atoms with E-state index in [2.05, 4.69) is 10.3 Å². The fraction of sp³-hybridized carbons (Fsp3) is 0.0769. The summed E-state index contributed by atoms with van der Waals surface area (Å²) < 4.78 is 13.0. The van der Waals surface area contributed by atoms with Crippen molar-refractivity contribution in [3.8, 4) is 0 Å². The summed E-state index contributed by atoms with van der Waals surface area (Å²) in [6.45, 7) is 1.69. The normalized spacial score (nSPS) is 10.3. The molecule has 1 heterocycles. The van der Waals surface area contributed by atoms with Crippen LogP contribution in [0.5, 0.6) is 0 Å². The Morgan fingerprint density at radius 2 is 2.00 bits per heavy atom. The number of pyridine rings is 1. The van der Waals surface area contributed by atoms with Crippen LogP contribution in [-0.4, -0.2) is 10.9 Å². The standard InChI is InChI=1S/C13H9Cl2FN2O/c1-7-6-8(16)2-4-10(7)17-13(19)12-9(14)3-5-11(15)18-12/h2-6H,1H3,(H,17,19). The van der Waals surface area contributed by atoms with E-state index in [1.807, 2.05) is 0 Å². The van der Waals surface area contributed by atoms with Gasteiger partial charge in [0.2, 0.25) is 0 Å². The topological polar surface area (TPSA) is 42.0 Å². The predicted molar refractivity (Wildman–Crippen MR) is 73.3 cm³/mol. The van der Waals surface area contributed by atoms with E-state index in [1.165, 1.54) is 30.3 Å². The number of nitrogens with zero attached hydrogens (tertiary/aromatic N) is 1. The van der Waals surface area contributed by atoms with Crippen molar-refractivity contribution in [2.45, 2.75) is 6.92 Å². The summed E-state index contributed by atoms with van der Waals surface area (Å²) in [5, 5.41) is 2.98. The van der Waals surface area contributed by atoms with Gasteiger partial charge in [-0.2, -0.15) is 0 Å². The highest BCUT2D eigenvalue weighted by molar-refractivity contribution is 6.35. The minimum Gasteiger partial charge on any atom is -0.320 e. The van der Waals surface area contributed by atoms with Crippen LogP contribution < -0.4 is 5.32 Å². The van der Waals surface area contributed by atoms with Crippen molar-refractivity contribution in [1.29, 1.82) is 0 Å². The van der Waals surface area contributed by atoms with Crippen molar-refractivity contribution < 1.29 is 9.18 Å².